The van der Waals surface area contributed by atoms with Gasteiger partial charge in [-0.25, -0.2) is 4.98 Å². The first-order chi connectivity index (χ1) is 8.20. The summed E-state index contributed by atoms with van der Waals surface area (Å²) in [6.07, 6.45) is 5.61. The molecule has 0 atom stereocenters. The van der Waals surface area contributed by atoms with Crippen LogP contribution in [0.1, 0.15) is 23.0 Å². The van der Waals surface area contributed by atoms with Gasteiger partial charge in [-0.05, 0) is 18.1 Å². The van der Waals surface area contributed by atoms with E-state index in [1.54, 1.807) is 12.4 Å². The molecular formula is C12H12N4O. The average molecular weight is 228 g/mol. The molecule has 0 fully saturated rings. The van der Waals surface area contributed by atoms with Crippen LogP contribution in [-0.4, -0.2) is 20.9 Å². The fourth-order valence-corrected chi connectivity index (χ4v) is 1.39. The summed E-state index contributed by atoms with van der Waals surface area (Å²) in [6.45, 7) is 2.06. The Morgan fingerprint density at radius 2 is 2.06 bits per heavy atom. The highest BCUT2D eigenvalue weighted by Gasteiger charge is 2.06. The van der Waals surface area contributed by atoms with Crippen molar-refractivity contribution >= 4 is 5.91 Å². The van der Waals surface area contributed by atoms with Crippen LogP contribution in [0.25, 0.3) is 11.4 Å². The number of rotatable bonds is 3. The van der Waals surface area contributed by atoms with E-state index in [1.165, 1.54) is 6.20 Å². The summed E-state index contributed by atoms with van der Waals surface area (Å²) in [6, 6.07) is 3.83. The lowest BCUT2D eigenvalue weighted by Gasteiger charge is -2.02. The largest absolute Gasteiger partial charge is 0.364 e. The number of amides is 1. The van der Waals surface area contributed by atoms with Crippen LogP contribution >= 0.6 is 0 Å². The number of pyridine rings is 1. The molecule has 0 saturated carbocycles. The van der Waals surface area contributed by atoms with Gasteiger partial charge in [0.15, 0.2) is 0 Å². The molecule has 0 unspecified atom stereocenters. The van der Waals surface area contributed by atoms with Crippen LogP contribution in [0.5, 0.6) is 0 Å². The van der Waals surface area contributed by atoms with Gasteiger partial charge in [-0.1, -0.05) is 13.0 Å². The molecule has 5 nitrogen and oxygen atoms in total. The lowest BCUT2D eigenvalue weighted by molar-refractivity contribution is 0.0995. The standard InChI is InChI=1S/C12H12N4O/c1-2-8-3-4-9(15-5-8)10-6-14-7-11(16-10)12(13)17/h3-7H,2H2,1H3,(H2,13,17). The maximum atomic E-state index is 11.0. The fraction of sp³-hybridized carbons (Fsp3) is 0.167. The van der Waals surface area contributed by atoms with Gasteiger partial charge in [0.1, 0.15) is 11.4 Å². The molecule has 0 radical (unpaired) electrons. The Kier molecular flexibility index (Phi) is 3.09. The van der Waals surface area contributed by atoms with Gasteiger partial charge >= 0.3 is 0 Å². The first-order valence-electron chi connectivity index (χ1n) is 5.28. The van der Waals surface area contributed by atoms with Gasteiger partial charge in [-0.3, -0.25) is 14.8 Å². The van der Waals surface area contributed by atoms with Crippen molar-refractivity contribution in [2.75, 3.05) is 0 Å². The lowest BCUT2D eigenvalue weighted by atomic mass is 10.2. The van der Waals surface area contributed by atoms with E-state index in [9.17, 15) is 4.79 Å². The van der Waals surface area contributed by atoms with Crippen LogP contribution in [0.3, 0.4) is 0 Å². The van der Waals surface area contributed by atoms with Crippen LogP contribution < -0.4 is 5.73 Å². The molecule has 17 heavy (non-hydrogen) atoms. The minimum Gasteiger partial charge on any atom is -0.364 e. The Labute approximate surface area is 98.7 Å². The summed E-state index contributed by atoms with van der Waals surface area (Å²) in [5.74, 6) is -0.593. The normalized spacial score (nSPS) is 10.2. The third-order valence-corrected chi connectivity index (χ3v) is 2.38. The SMILES string of the molecule is CCc1ccc(-c2cncc(C(N)=O)n2)nc1. The third-order valence-electron chi connectivity index (χ3n) is 2.38. The number of hydrogen-bond donors (Lipinski definition) is 1. The van der Waals surface area contributed by atoms with E-state index in [0.717, 1.165) is 12.0 Å². The predicted molar refractivity (Wildman–Crippen MR) is 63.2 cm³/mol. The monoisotopic (exact) mass is 228 g/mol. The highest BCUT2D eigenvalue weighted by Crippen LogP contribution is 2.13. The quantitative estimate of drug-likeness (QED) is 0.855. The highest BCUT2D eigenvalue weighted by molar-refractivity contribution is 5.90. The Hall–Kier alpha value is -2.30. The number of aromatic nitrogens is 3. The molecule has 0 aliphatic rings. The molecule has 5 heteroatoms. The van der Waals surface area contributed by atoms with Gasteiger partial charge in [0.05, 0.1) is 18.1 Å². The molecule has 0 spiro atoms. The number of nitrogens with two attached hydrogens (primary N) is 1. The minimum atomic E-state index is -0.593. The summed E-state index contributed by atoms with van der Waals surface area (Å²) < 4.78 is 0. The molecule has 0 aliphatic carbocycles. The maximum Gasteiger partial charge on any atom is 0.268 e. The number of primary amides is 1. The summed E-state index contributed by atoms with van der Waals surface area (Å²) in [7, 11) is 0. The van der Waals surface area contributed by atoms with Crippen LogP contribution in [-0.2, 0) is 6.42 Å². The van der Waals surface area contributed by atoms with Gasteiger partial charge in [0.2, 0.25) is 0 Å². The van der Waals surface area contributed by atoms with Gasteiger partial charge in [0.25, 0.3) is 5.91 Å². The van der Waals surface area contributed by atoms with Crippen molar-refractivity contribution in [3.8, 4) is 11.4 Å². The molecule has 2 rings (SSSR count). The number of hydrogen-bond acceptors (Lipinski definition) is 4. The molecule has 2 aromatic heterocycles. The molecule has 86 valence electrons. The summed E-state index contributed by atoms with van der Waals surface area (Å²) in [4.78, 5) is 23.3. The van der Waals surface area contributed by atoms with E-state index in [0.29, 0.717) is 11.4 Å². The molecule has 2 aromatic rings. The van der Waals surface area contributed by atoms with Crippen molar-refractivity contribution in [1.29, 1.82) is 0 Å². The average Bonchev–Trinajstić information content (AvgIpc) is 2.39. The van der Waals surface area contributed by atoms with Gasteiger partial charge < -0.3 is 5.73 Å². The molecule has 2 heterocycles. The van der Waals surface area contributed by atoms with Crippen molar-refractivity contribution in [3.63, 3.8) is 0 Å². The van der Waals surface area contributed by atoms with Crippen LogP contribution in [0.15, 0.2) is 30.7 Å². The Bertz CT molecular complexity index is 536. The second-order valence-corrected chi connectivity index (χ2v) is 3.56. The zero-order valence-electron chi connectivity index (χ0n) is 9.42. The third kappa shape index (κ3) is 2.44. The molecule has 1 amide bonds. The second kappa shape index (κ2) is 4.69. The van der Waals surface area contributed by atoms with Crippen molar-refractivity contribution in [2.45, 2.75) is 13.3 Å². The van der Waals surface area contributed by atoms with E-state index in [1.807, 2.05) is 12.1 Å². The number of nitrogens with zero attached hydrogens (tertiary/aromatic N) is 3. The first-order valence-corrected chi connectivity index (χ1v) is 5.28. The zero-order chi connectivity index (χ0) is 12.3. The van der Waals surface area contributed by atoms with Crippen molar-refractivity contribution < 1.29 is 4.79 Å². The molecule has 0 aromatic carbocycles. The van der Waals surface area contributed by atoms with E-state index in [-0.39, 0.29) is 5.69 Å². The topological polar surface area (TPSA) is 81.8 Å². The number of carbonyl (C=O) groups is 1. The Balaban J connectivity index is 2.38. The number of aryl methyl sites for hydroxylation is 1. The summed E-state index contributed by atoms with van der Waals surface area (Å²) in [5, 5.41) is 0. The van der Waals surface area contributed by atoms with Gasteiger partial charge in [-0.2, -0.15) is 0 Å². The second-order valence-electron chi connectivity index (χ2n) is 3.56. The smallest absolute Gasteiger partial charge is 0.268 e. The minimum absolute atomic E-state index is 0.142. The Morgan fingerprint density at radius 3 is 2.65 bits per heavy atom. The lowest BCUT2D eigenvalue weighted by Crippen LogP contribution is -2.13. The summed E-state index contributed by atoms with van der Waals surface area (Å²) in [5.41, 5.74) is 7.66. The van der Waals surface area contributed by atoms with Crippen molar-refractivity contribution in [3.05, 3.63) is 42.0 Å². The number of carbonyl (C=O) groups excluding carboxylic acids is 1. The predicted octanol–water partition coefficient (Wildman–Crippen LogP) is 1.20. The van der Waals surface area contributed by atoms with Crippen LogP contribution in [0, 0.1) is 0 Å². The maximum absolute atomic E-state index is 11.0. The van der Waals surface area contributed by atoms with Crippen molar-refractivity contribution in [1.82, 2.24) is 15.0 Å². The van der Waals surface area contributed by atoms with Crippen LogP contribution in [0.2, 0.25) is 0 Å². The highest BCUT2D eigenvalue weighted by atomic mass is 16.1. The van der Waals surface area contributed by atoms with Crippen LogP contribution in [0.4, 0.5) is 0 Å². The molecule has 2 N–H and O–H groups in total. The fourth-order valence-electron chi connectivity index (χ4n) is 1.39. The zero-order valence-corrected chi connectivity index (χ0v) is 9.42. The van der Waals surface area contributed by atoms with E-state index in [4.69, 9.17) is 5.73 Å². The molecule has 0 saturated heterocycles. The van der Waals surface area contributed by atoms with Gasteiger partial charge in [0, 0.05) is 6.20 Å². The molecule has 0 bridgehead atoms. The molecular weight excluding hydrogens is 216 g/mol. The molecule has 0 aliphatic heterocycles. The van der Waals surface area contributed by atoms with Crippen molar-refractivity contribution in [2.24, 2.45) is 5.73 Å². The van der Waals surface area contributed by atoms with E-state index < -0.39 is 5.91 Å². The van der Waals surface area contributed by atoms with E-state index in [2.05, 4.69) is 21.9 Å². The van der Waals surface area contributed by atoms with E-state index >= 15 is 0 Å². The first kappa shape index (κ1) is 11.2. The van der Waals surface area contributed by atoms with Gasteiger partial charge in [-0.15, -0.1) is 0 Å². The Morgan fingerprint density at radius 1 is 1.24 bits per heavy atom. The summed E-state index contributed by atoms with van der Waals surface area (Å²) >= 11 is 0.